The number of carbonyl (C=O) groups is 1. The number of halogens is 2. The van der Waals surface area contributed by atoms with Crippen LogP contribution in [0.15, 0.2) is 18.2 Å². The maximum atomic E-state index is 13.6. The van der Waals surface area contributed by atoms with Crippen LogP contribution in [0, 0.1) is 5.82 Å². The molecule has 0 saturated heterocycles. The molecular formula is C12H14ClFO3S. The number of hydrogen-bond acceptors (Lipinski definition) is 3. The molecule has 0 saturated carbocycles. The van der Waals surface area contributed by atoms with Crippen molar-refractivity contribution in [1.82, 2.24) is 0 Å². The molecule has 0 aliphatic heterocycles. The first kappa shape index (κ1) is 15.1. The summed E-state index contributed by atoms with van der Waals surface area (Å²) in [5, 5.41) is -0.388. The molecule has 0 heterocycles. The van der Waals surface area contributed by atoms with Crippen LogP contribution in [0.4, 0.5) is 4.39 Å². The number of esters is 1. The van der Waals surface area contributed by atoms with Crippen LogP contribution in [0.1, 0.15) is 18.9 Å². The van der Waals surface area contributed by atoms with E-state index in [0.29, 0.717) is 0 Å². The summed E-state index contributed by atoms with van der Waals surface area (Å²) in [5.41, 5.74) is 0.289. The van der Waals surface area contributed by atoms with Gasteiger partial charge in [0.25, 0.3) is 0 Å². The van der Waals surface area contributed by atoms with Crippen molar-refractivity contribution in [1.29, 1.82) is 0 Å². The molecule has 3 nitrogen and oxygen atoms in total. The monoisotopic (exact) mass is 292 g/mol. The summed E-state index contributed by atoms with van der Waals surface area (Å²) in [6.07, 6.45) is 0.0469. The molecule has 1 aromatic rings. The predicted molar refractivity (Wildman–Crippen MR) is 69.4 cm³/mol. The van der Waals surface area contributed by atoms with Gasteiger partial charge in [0, 0.05) is 21.6 Å². The van der Waals surface area contributed by atoms with Crippen molar-refractivity contribution in [2.75, 3.05) is 7.11 Å². The Balaban J connectivity index is 2.70. The largest absolute Gasteiger partial charge is 0.469 e. The van der Waals surface area contributed by atoms with Crippen LogP contribution < -0.4 is 0 Å². The third kappa shape index (κ3) is 4.07. The van der Waals surface area contributed by atoms with Crippen LogP contribution >= 0.6 is 11.6 Å². The minimum absolute atomic E-state index is 0.00474. The van der Waals surface area contributed by atoms with E-state index >= 15 is 0 Å². The van der Waals surface area contributed by atoms with Crippen LogP contribution in [0.3, 0.4) is 0 Å². The zero-order valence-electron chi connectivity index (χ0n) is 10.1. The minimum atomic E-state index is -1.36. The number of hydrogen-bond donors (Lipinski definition) is 0. The summed E-state index contributed by atoms with van der Waals surface area (Å²) >= 11 is 5.64. The molecule has 0 amide bonds. The van der Waals surface area contributed by atoms with Crippen molar-refractivity contribution in [2.45, 2.75) is 24.3 Å². The summed E-state index contributed by atoms with van der Waals surface area (Å²) in [7, 11) is -0.0835. The third-order valence-electron chi connectivity index (χ3n) is 2.46. The van der Waals surface area contributed by atoms with Gasteiger partial charge in [-0.05, 0) is 6.07 Å². The first-order valence-corrected chi connectivity index (χ1v) is 7.08. The van der Waals surface area contributed by atoms with E-state index in [9.17, 15) is 13.4 Å². The standard InChI is InChI=1S/C12H14ClFO3S/c1-8(6-11(15)17-2)18(16)7-9-4-3-5-10(13)12(9)14/h3-5,8H,6-7H2,1-2H3. The summed E-state index contributed by atoms with van der Waals surface area (Å²) in [6.45, 7) is 1.66. The van der Waals surface area contributed by atoms with Gasteiger partial charge in [0.1, 0.15) is 5.82 Å². The lowest BCUT2D eigenvalue weighted by molar-refractivity contribution is -0.140. The van der Waals surface area contributed by atoms with Crippen molar-refractivity contribution in [3.8, 4) is 0 Å². The van der Waals surface area contributed by atoms with Crippen LogP contribution in [-0.4, -0.2) is 22.5 Å². The zero-order chi connectivity index (χ0) is 13.7. The zero-order valence-corrected chi connectivity index (χ0v) is 11.7. The fourth-order valence-electron chi connectivity index (χ4n) is 1.37. The van der Waals surface area contributed by atoms with E-state index < -0.39 is 27.8 Å². The highest BCUT2D eigenvalue weighted by molar-refractivity contribution is 7.84. The highest BCUT2D eigenvalue weighted by atomic mass is 35.5. The number of rotatable bonds is 5. The molecule has 2 atom stereocenters. The topological polar surface area (TPSA) is 43.4 Å². The van der Waals surface area contributed by atoms with Crippen molar-refractivity contribution in [3.63, 3.8) is 0 Å². The van der Waals surface area contributed by atoms with Gasteiger partial charge < -0.3 is 4.74 Å². The molecule has 1 rings (SSSR count). The number of carbonyl (C=O) groups excluding carboxylic acids is 1. The fraction of sp³-hybridized carbons (Fsp3) is 0.417. The van der Waals surface area contributed by atoms with E-state index in [0.717, 1.165) is 0 Å². The van der Waals surface area contributed by atoms with Gasteiger partial charge in [-0.1, -0.05) is 30.7 Å². The van der Waals surface area contributed by atoms with Gasteiger partial charge in [0.05, 0.1) is 24.3 Å². The Hall–Kier alpha value is -0.940. The third-order valence-corrected chi connectivity index (χ3v) is 4.41. The normalized spacial score (nSPS) is 14.0. The Morgan fingerprint density at radius 3 is 2.83 bits per heavy atom. The lowest BCUT2D eigenvalue weighted by Gasteiger charge is -2.11. The van der Waals surface area contributed by atoms with Gasteiger partial charge in [0.15, 0.2) is 0 Å². The molecule has 0 aromatic heterocycles. The lowest BCUT2D eigenvalue weighted by atomic mass is 10.2. The average molecular weight is 293 g/mol. The van der Waals surface area contributed by atoms with Gasteiger partial charge in [-0.2, -0.15) is 0 Å². The highest BCUT2D eigenvalue weighted by Gasteiger charge is 2.18. The van der Waals surface area contributed by atoms with Gasteiger partial charge >= 0.3 is 5.97 Å². The van der Waals surface area contributed by atoms with Crippen LogP contribution in [-0.2, 0) is 26.1 Å². The van der Waals surface area contributed by atoms with E-state index in [-0.39, 0.29) is 22.8 Å². The molecule has 0 bridgehead atoms. The fourth-order valence-corrected chi connectivity index (χ4v) is 2.70. The second-order valence-electron chi connectivity index (χ2n) is 3.83. The number of ether oxygens (including phenoxy) is 1. The van der Waals surface area contributed by atoms with Crippen LogP contribution in [0.2, 0.25) is 5.02 Å². The van der Waals surface area contributed by atoms with Crippen molar-refractivity contribution < 1.29 is 18.1 Å². The molecule has 18 heavy (non-hydrogen) atoms. The molecule has 0 aliphatic carbocycles. The number of benzene rings is 1. The van der Waals surface area contributed by atoms with E-state index in [4.69, 9.17) is 11.6 Å². The van der Waals surface area contributed by atoms with Crippen LogP contribution in [0.5, 0.6) is 0 Å². The van der Waals surface area contributed by atoms with E-state index in [1.54, 1.807) is 13.0 Å². The summed E-state index contributed by atoms with van der Waals surface area (Å²) in [4.78, 5) is 11.0. The second kappa shape index (κ2) is 6.85. The highest BCUT2D eigenvalue weighted by Crippen LogP contribution is 2.20. The van der Waals surface area contributed by atoms with Crippen molar-refractivity contribution in [2.24, 2.45) is 0 Å². The summed E-state index contributed by atoms with van der Waals surface area (Å²) in [5.74, 6) is -0.954. The molecule has 0 radical (unpaired) electrons. The Kier molecular flexibility index (Phi) is 5.75. The SMILES string of the molecule is COC(=O)CC(C)S(=O)Cc1cccc(Cl)c1F. The molecule has 1 aromatic carbocycles. The van der Waals surface area contributed by atoms with E-state index in [2.05, 4.69) is 4.74 Å². The predicted octanol–water partition coefficient (Wildman–Crippen LogP) is 2.68. The molecule has 100 valence electrons. The summed E-state index contributed by atoms with van der Waals surface area (Å²) < 4.78 is 30.0. The number of methoxy groups -OCH3 is 1. The lowest BCUT2D eigenvalue weighted by Crippen LogP contribution is -2.18. The second-order valence-corrected chi connectivity index (χ2v) is 6.09. The Morgan fingerprint density at radius 1 is 1.56 bits per heavy atom. The average Bonchev–Trinajstić information content (AvgIpc) is 2.34. The Morgan fingerprint density at radius 2 is 2.22 bits per heavy atom. The molecule has 6 heteroatoms. The molecule has 0 N–H and O–H groups in total. The molecular weight excluding hydrogens is 279 g/mol. The maximum Gasteiger partial charge on any atom is 0.306 e. The van der Waals surface area contributed by atoms with Crippen molar-refractivity contribution in [3.05, 3.63) is 34.6 Å². The molecule has 0 fully saturated rings. The van der Waals surface area contributed by atoms with E-state index in [1.807, 2.05) is 0 Å². The molecule has 0 aliphatic rings. The van der Waals surface area contributed by atoms with Gasteiger partial charge in [0.2, 0.25) is 0 Å². The summed E-state index contributed by atoms with van der Waals surface area (Å²) in [6, 6.07) is 4.56. The maximum absolute atomic E-state index is 13.6. The first-order chi connectivity index (χ1) is 8.45. The quantitative estimate of drug-likeness (QED) is 0.784. The van der Waals surface area contributed by atoms with Crippen molar-refractivity contribution >= 4 is 28.4 Å². The van der Waals surface area contributed by atoms with Gasteiger partial charge in [-0.15, -0.1) is 0 Å². The Bertz CT molecular complexity index is 465. The smallest absolute Gasteiger partial charge is 0.306 e. The molecule has 0 spiro atoms. The Labute approximate surface area is 113 Å². The van der Waals surface area contributed by atoms with Gasteiger partial charge in [-0.25, -0.2) is 4.39 Å². The molecule has 2 unspecified atom stereocenters. The first-order valence-electron chi connectivity index (χ1n) is 5.32. The van der Waals surface area contributed by atoms with Gasteiger partial charge in [-0.3, -0.25) is 9.00 Å². The minimum Gasteiger partial charge on any atom is -0.469 e. The van der Waals surface area contributed by atoms with E-state index in [1.165, 1.54) is 19.2 Å². The van der Waals surface area contributed by atoms with Crippen LogP contribution in [0.25, 0.3) is 0 Å².